The van der Waals surface area contributed by atoms with Crippen molar-refractivity contribution in [3.05, 3.63) is 23.8 Å². The molecule has 10 heteroatoms. The van der Waals surface area contributed by atoms with Crippen LogP contribution in [-0.2, 0) is 30.3 Å². The highest BCUT2D eigenvalue weighted by Gasteiger charge is 2.37. The molecular weight excluding hydrogens is 446 g/mol. The normalized spacial score (nSPS) is 14.5. The largest absolute Gasteiger partial charge is 0.508 e. The number of carboxylic acids is 1. The first-order chi connectivity index (χ1) is 15.8. The third-order valence-electron chi connectivity index (χ3n) is 5.15. The molecule has 0 spiro atoms. The van der Waals surface area contributed by atoms with Crippen molar-refractivity contribution in [1.29, 1.82) is 0 Å². The molecule has 3 N–H and O–H groups in total. The Bertz CT molecular complexity index is 883. The molecule has 1 aromatic carbocycles. The predicted molar refractivity (Wildman–Crippen MR) is 122 cm³/mol. The molecule has 0 bridgehead atoms. The van der Waals surface area contributed by atoms with Crippen molar-refractivity contribution in [2.45, 2.75) is 85.0 Å². The first-order valence-corrected chi connectivity index (χ1v) is 11.2. The number of ether oxygens (including phenoxy) is 4. The number of hydrogen-bond donors (Lipinski definition) is 2. The lowest BCUT2D eigenvalue weighted by Gasteiger charge is -2.28. The summed E-state index contributed by atoms with van der Waals surface area (Å²) in [5.74, 6) is -2.28. The SMILES string of the molecule is CCC(=O)Oc1ccc(CC(N)(C[C@H](C)OC(=O)OC(C)C(C)C)C(=O)O)cc1OC(=O)CC. The smallest absolute Gasteiger partial charge is 0.480 e. The Balaban J connectivity index is 3.06. The van der Waals surface area contributed by atoms with Gasteiger partial charge in [0.25, 0.3) is 0 Å². The summed E-state index contributed by atoms with van der Waals surface area (Å²) >= 11 is 0. The lowest BCUT2D eigenvalue weighted by molar-refractivity contribution is -0.145. The summed E-state index contributed by atoms with van der Waals surface area (Å²) in [7, 11) is 0. The lowest BCUT2D eigenvalue weighted by Crippen LogP contribution is -2.52. The minimum atomic E-state index is -1.81. The molecule has 0 saturated heterocycles. The van der Waals surface area contributed by atoms with Crippen molar-refractivity contribution < 1.29 is 43.2 Å². The summed E-state index contributed by atoms with van der Waals surface area (Å²) in [5.41, 5.74) is 4.80. The number of aliphatic carboxylic acids is 1. The molecule has 3 atom stereocenters. The van der Waals surface area contributed by atoms with E-state index in [1.165, 1.54) is 25.1 Å². The summed E-state index contributed by atoms with van der Waals surface area (Å²) in [6.07, 6.45) is -2.30. The van der Waals surface area contributed by atoms with Crippen molar-refractivity contribution in [2.75, 3.05) is 0 Å². The van der Waals surface area contributed by atoms with E-state index in [0.29, 0.717) is 5.56 Å². The van der Waals surface area contributed by atoms with Crippen LogP contribution in [0.4, 0.5) is 4.79 Å². The third kappa shape index (κ3) is 9.01. The number of rotatable bonds is 12. The minimum Gasteiger partial charge on any atom is -0.480 e. The van der Waals surface area contributed by atoms with Crippen molar-refractivity contribution in [3.8, 4) is 11.5 Å². The molecule has 1 aromatic rings. The maximum absolute atomic E-state index is 12.0. The van der Waals surface area contributed by atoms with Crippen LogP contribution >= 0.6 is 0 Å². The fraction of sp³-hybridized carbons (Fsp3) is 0.583. The monoisotopic (exact) mass is 481 g/mol. The molecule has 0 fully saturated rings. The Morgan fingerprint density at radius 1 is 0.941 bits per heavy atom. The van der Waals surface area contributed by atoms with Crippen LogP contribution in [0.5, 0.6) is 11.5 Å². The van der Waals surface area contributed by atoms with E-state index in [2.05, 4.69) is 0 Å². The summed E-state index contributed by atoms with van der Waals surface area (Å²) in [5, 5.41) is 9.80. The maximum atomic E-state index is 12.0. The van der Waals surface area contributed by atoms with Gasteiger partial charge in [0.1, 0.15) is 17.7 Å². The molecule has 0 saturated carbocycles. The van der Waals surface area contributed by atoms with Crippen molar-refractivity contribution in [1.82, 2.24) is 0 Å². The van der Waals surface area contributed by atoms with Crippen LogP contribution in [0.25, 0.3) is 0 Å². The molecule has 2 unspecified atom stereocenters. The van der Waals surface area contributed by atoms with E-state index in [1.54, 1.807) is 20.8 Å². The molecule has 1 rings (SSSR count). The zero-order valence-corrected chi connectivity index (χ0v) is 20.6. The van der Waals surface area contributed by atoms with E-state index in [9.17, 15) is 24.3 Å². The summed E-state index contributed by atoms with van der Waals surface area (Å²) in [6.45, 7) is 10.2. The van der Waals surface area contributed by atoms with E-state index in [1.807, 2.05) is 13.8 Å². The molecule has 34 heavy (non-hydrogen) atoms. The van der Waals surface area contributed by atoms with Crippen LogP contribution in [0.3, 0.4) is 0 Å². The van der Waals surface area contributed by atoms with Crippen LogP contribution in [0.1, 0.15) is 66.4 Å². The molecular formula is C24H35NO9. The van der Waals surface area contributed by atoms with Gasteiger partial charge in [-0.1, -0.05) is 33.8 Å². The fourth-order valence-corrected chi connectivity index (χ4v) is 2.85. The quantitative estimate of drug-likeness (QED) is 0.334. The average molecular weight is 482 g/mol. The molecule has 0 radical (unpaired) electrons. The van der Waals surface area contributed by atoms with Gasteiger partial charge in [-0.05, 0) is 37.5 Å². The van der Waals surface area contributed by atoms with Gasteiger partial charge in [-0.2, -0.15) is 0 Å². The first kappa shape index (κ1) is 28.9. The number of benzene rings is 1. The molecule has 0 aliphatic carbocycles. The summed E-state index contributed by atoms with van der Waals surface area (Å²) < 4.78 is 20.8. The highest BCUT2D eigenvalue weighted by atomic mass is 16.7. The first-order valence-electron chi connectivity index (χ1n) is 11.2. The Morgan fingerprint density at radius 3 is 2.00 bits per heavy atom. The molecule has 0 aliphatic heterocycles. The second kappa shape index (κ2) is 12.9. The molecule has 0 amide bonds. The van der Waals surface area contributed by atoms with Gasteiger partial charge in [0.05, 0.1) is 0 Å². The number of carboxylic acid groups (broad SMARTS) is 1. The molecule has 0 heterocycles. The molecule has 10 nitrogen and oxygen atoms in total. The van der Waals surface area contributed by atoms with E-state index in [-0.39, 0.29) is 49.2 Å². The van der Waals surface area contributed by atoms with Crippen molar-refractivity contribution in [2.24, 2.45) is 11.7 Å². The molecule has 190 valence electrons. The topological polar surface area (TPSA) is 151 Å². The highest BCUT2D eigenvalue weighted by molar-refractivity contribution is 5.79. The molecule has 0 aliphatic rings. The van der Waals surface area contributed by atoms with Gasteiger partial charge >= 0.3 is 24.1 Å². The maximum Gasteiger partial charge on any atom is 0.508 e. The van der Waals surface area contributed by atoms with E-state index in [4.69, 9.17) is 24.7 Å². The van der Waals surface area contributed by atoms with Gasteiger partial charge in [-0.15, -0.1) is 0 Å². The number of carbonyl (C=O) groups excluding carboxylic acids is 3. The van der Waals surface area contributed by atoms with Gasteiger partial charge in [-0.3, -0.25) is 14.4 Å². The van der Waals surface area contributed by atoms with Crippen molar-refractivity contribution >= 4 is 24.1 Å². The second-order valence-corrected chi connectivity index (χ2v) is 8.52. The Kier molecular flexibility index (Phi) is 11.0. The van der Waals surface area contributed by atoms with Gasteiger partial charge in [0.2, 0.25) is 0 Å². The molecule has 0 aromatic heterocycles. The Hall–Kier alpha value is -3.14. The van der Waals surface area contributed by atoms with Crippen LogP contribution in [-0.4, -0.2) is 46.9 Å². The van der Waals surface area contributed by atoms with E-state index >= 15 is 0 Å². The number of nitrogens with two attached hydrogens (primary N) is 1. The highest BCUT2D eigenvalue weighted by Crippen LogP contribution is 2.31. The van der Waals surface area contributed by atoms with E-state index in [0.717, 1.165) is 0 Å². The van der Waals surface area contributed by atoms with Crippen LogP contribution < -0.4 is 15.2 Å². The number of esters is 2. The van der Waals surface area contributed by atoms with Gasteiger partial charge in [0, 0.05) is 25.7 Å². The number of carbonyl (C=O) groups is 4. The number of hydrogen-bond acceptors (Lipinski definition) is 9. The third-order valence-corrected chi connectivity index (χ3v) is 5.15. The zero-order chi connectivity index (χ0) is 26.1. The second-order valence-electron chi connectivity index (χ2n) is 8.52. The van der Waals surface area contributed by atoms with Crippen LogP contribution in [0.2, 0.25) is 0 Å². The van der Waals surface area contributed by atoms with Gasteiger partial charge in [0.15, 0.2) is 11.5 Å². The Labute approximate surface area is 199 Å². The standard InChI is InChI=1S/C24H35NO9/c1-7-20(26)33-18-10-9-17(11-19(18)34-21(27)8-2)13-24(25,22(28)29)12-15(5)31-23(30)32-16(6)14(3)4/h9-11,14-16H,7-8,12-13,25H2,1-6H3,(H,28,29)/t15-,16?,24?/m0/s1. The minimum absolute atomic E-state index is 0.0190. The van der Waals surface area contributed by atoms with Crippen molar-refractivity contribution in [3.63, 3.8) is 0 Å². The van der Waals surface area contributed by atoms with Gasteiger partial charge in [-0.25, -0.2) is 4.79 Å². The average Bonchev–Trinajstić information content (AvgIpc) is 2.74. The zero-order valence-electron chi connectivity index (χ0n) is 20.6. The lowest BCUT2D eigenvalue weighted by atomic mass is 9.86. The van der Waals surface area contributed by atoms with Crippen LogP contribution in [0, 0.1) is 5.92 Å². The van der Waals surface area contributed by atoms with Gasteiger partial charge < -0.3 is 29.8 Å². The fourth-order valence-electron chi connectivity index (χ4n) is 2.85. The Morgan fingerprint density at radius 2 is 1.50 bits per heavy atom. The predicted octanol–water partition coefficient (Wildman–Crippen LogP) is 3.62. The summed E-state index contributed by atoms with van der Waals surface area (Å²) in [4.78, 5) is 47.5. The van der Waals surface area contributed by atoms with E-state index < -0.39 is 35.7 Å². The van der Waals surface area contributed by atoms with Crippen LogP contribution in [0.15, 0.2) is 18.2 Å². The summed E-state index contributed by atoms with van der Waals surface area (Å²) in [6, 6.07) is 4.34.